The average molecular weight is 444 g/mol. The molecule has 3 rings (SSSR count). The normalized spacial score (nSPS) is 11.1. The minimum absolute atomic E-state index is 0.0206. The molecule has 2 aromatic heterocycles. The van der Waals surface area contributed by atoms with Crippen molar-refractivity contribution in [1.82, 2.24) is 24.3 Å². The Morgan fingerprint density at radius 2 is 1.97 bits per heavy atom. The zero-order chi connectivity index (χ0) is 22.5. The molecule has 0 saturated heterocycles. The van der Waals surface area contributed by atoms with Crippen molar-refractivity contribution >= 4 is 29.2 Å². The summed E-state index contributed by atoms with van der Waals surface area (Å²) < 4.78 is 2.97. The highest BCUT2D eigenvalue weighted by Gasteiger charge is 2.25. The number of thioether (sulfide) groups is 1. The summed E-state index contributed by atoms with van der Waals surface area (Å²) in [5.41, 5.74) is 5.78. The molecule has 10 nitrogen and oxygen atoms in total. The quantitative estimate of drug-likeness (QED) is 0.498. The maximum atomic E-state index is 13.1. The van der Waals surface area contributed by atoms with Crippen molar-refractivity contribution in [2.45, 2.75) is 25.5 Å². The van der Waals surface area contributed by atoms with Crippen LogP contribution in [-0.4, -0.2) is 42.5 Å². The van der Waals surface area contributed by atoms with Gasteiger partial charge in [-0.05, 0) is 11.5 Å². The molecule has 1 aromatic carbocycles. The number of nitrogens with one attached hydrogen (secondary N) is 1. The Hall–Kier alpha value is -3.34. The van der Waals surface area contributed by atoms with E-state index < -0.39 is 11.2 Å². The molecule has 31 heavy (non-hydrogen) atoms. The molecule has 0 fully saturated rings. The van der Waals surface area contributed by atoms with Gasteiger partial charge in [-0.3, -0.25) is 19.1 Å². The van der Waals surface area contributed by atoms with Crippen LogP contribution in [0.5, 0.6) is 0 Å². The van der Waals surface area contributed by atoms with E-state index in [2.05, 4.69) is 15.2 Å². The number of rotatable bonds is 8. The van der Waals surface area contributed by atoms with E-state index in [1.54, 1.807) is 17.9 Å². The number of carbonyl (C=O) groups is 1. The second-order valence-electron chi connectivity index (χ2n) is 7.48. The first-order valence-corrected chi connectivity index (χ1v) is 10.7. The van der Waals surface area contributed by atoms with E-state index in [1.165, 1.54) is 21.2 Å². The Balaban J connectivity index is 1.97. The van der Waals surface area contributed by atoms with E-state index in [9.17, 15) is 14.4 Å². The summed E-state index contributed by atoms with van der Waals surface area (Å²) >= 11 is 1.21. The number of anilines is 2. The third-order valence-electron chi connectivity index (χ3n) is 4.51. The van der Waals surface area contributed by atoms with Crippen LogP contribution in [0.2, 0.25) is 0 Å². The minimum atomic E-state index is -0.690. The molecule has 1 amide bonds. The smallest absolute Gasteiger partial charge is 0.330 e. The predicted octanol–water partition coefficient (Wildman–Crippen LogP) is 1.08. The van der Waals surface area contributed by atoms with Crippen molar-refractivity contribution in [2.75, 3.05) is 22.9 Å². The van der Waals surface area contributed by atoms with Crippen molar-refractivity contribution in [2.24, 2.45) is 13.0 Å². The standard InChI is InChI=1S/C20H25N7O3S/c1-13(2)9-26(15(28)11-31-20-24-22-12-25(20)3)16-17(21)27(19(30)23-18(16)29)10-14-7-5-4-6-8-14/h4-8,12-13H,9-11,21H2,1-3H3,(H,23,29,30). The Labute approximate surface area is 183 Å². The number of hydrogen-bond acceptors (Lipinski definition) is 7. The van der Waals surface area contributed by atoms with Gasteiger partial charge in [-0.2, -0.15) is 0 Å². The first-order valence-electron chi connectivity index (χ1n) is 9.71. The number of benzene rings is 1. The van der Waals surface area contributed by atoms with Crippen LogP contribution in [0, 0.1) is 5.92 Å². The fraction of sp³-hybridized carbons (Fsp3) is 0.350. The minimum Gasteiger partial charge on any atom is -0.383 e. The molecule has 0 saturated carbocycles. The molecule has 0 aliphatic rings. The topological polar surface area (TPSA) is 132 Å². The van der Waals surface area contributed by atoms with Crippen LogP contribution >= 0.6 is 11.8 Å². The van der Waals surface area contributed by atoms with Gasteiger partial charge in [0, 0.05) is 13.6 Å². The summed E-state index contributed by atoms with van der Waals surface area (Å²) in [7, 11) is 1.78. The molecular formula is C20H25N7O3S. The zero-order valence-electron chi connectivity index (χ0n) is 17.6. The molecular weight excluding hydrogens is 418 g/mol. The molecule has 0 aliphatic heterocycles. The number of nitrogen functional groups attached to an aromatic ring is 1. The third kappa shape index (κ3) is 5.23. The van der Waals surface area contributed by atoms with Gasteiger partial charge < -0.3 is 15.2 Å². The maximum Gasteiger partial charge on any atom is 0.330 e. The van der Waals surface area contributed by atoms with E-state index in [1.807, 2.05) is 44.2 Å². The molecule has 0 aliphatic carbocycles. The number of aromatic amines is 1. The SMILES string of the molecule is CC(C)CN(C(=O)CSc1nncn1C)c1c(N)n(Cc2ccccc2)c(=O)[nH]c1=O. The van der Waals surface area contributed by atoms with Crippen LogP contribution in [-0.2, 0) is 18.4 Å². The van der Waals surface area contributed by atoms with Gasteiger partial charge in [0.05, 0.1) is 12.3 Å². The summed E-state index contributed by atoms with van der Waals surface area (Å²) in [6, 6.07) is 9.27. The van der Waals surface area contributed by atoms with Crippen LogP contribution in [0.3, 0.4) is 0 Å². The molecule has 11 heteroatoms. The monoisotopic (exact) mass is 443 g/mol. The highest BCUT2D eigenvalue weighted by molar-refractivity contribution is 7.99. The Kier molecular flexibility index (Phi) is 6.95. The first-order chi connectivity index (χ1) is 14.8. The van der Waals surface area contributed by atoms with Crippen molar-refractivity contribution in [1.29, 1.82) is 0 Å². The summed E-state index contributed by atoms with van der Waals surface area (Å²) in [5.74, 6) is -0.258. The molecule has 164 valence electrons. The molecule has 0 bridgehead atoms. The van der Waals surface area contributed by atoms with Gasteiger partial charge in [-0.15, -0.1) is 10.2 Å². The highest BCUT2D eigenvalue weighted by Crippen LogP contribution is 2.22. The van der Waals surface area contributed by atoms with Gasteiger partial charge in [-0.1, -0.05) is 55.9 Å². The summed E-state index contributed by atoms with van der Waals surface area (Å²) in [6.45, 7) is 4.31. The fourth-order valence-electron chi connectivity index (χ4n) is 3.05. The van der Waals surface area contributed by atoms with Gasteiger partial charge in [0.2, 0.25) is 5.91 Å². The van der Waals surface area contributed by atoms with Gasteiger partial charge in [0.1, 0.15) is 12.1 Å². The number of nitrogens with zero attached hydrogens (tertiary/aromatic N) is 5. The van der Waals surface area contributed by atoms with E-state index in [0.717, 1.165) is 5.56 Å². The van der Waals surface area contributed by atoms with E-state index in [-0.39, 0.29) is 42.2 Å². The number of aryl methyl sites for hydroxylation is 1. The maximum absolute atomic E-state index is 13.1. The van der Waals surface area contributed by atoms with Gasteiger partial charge in [0.15, 0.2) is 10.8 Å². The molecule has 0 unspecified atom stereocenters. The number of nitrogens with two attached hydrogens (primary N) is 1. The summed E-state index contributed by atoms with van der Waals surface area (Å²) in [5, 5.41) is 8.33. The van der Waals surface area contributed by atoms with E-state index >= 15 is 0 Å². The highest BCUT2D eigenvalue weighted by atomic mass is 32.2. The Bertz CT molecular complexity index is 1170. The van der Waals surface area contributed by atoms with Crippen LogP contribution in [0.15, 0.2) is 51.4 Å². The van der Waals surface area contributed by atoms with Crippen molar-refractivity contribution in [3.05, 3.63) is 63.1 Å². The van der Waals surface area contributed by atoms with Crippen LogP contribution < -0.4 is 21.9 Å². The Morgan fingerprint density at radius 3 is 2.58 bits per heavy atom. The van der Waals surface area contributed by atoms with Crippen molar-refractivity contribution in [3.63, 3.8) is 0 Å². The van der Waals surface area contributed by atoms with E-state index in [0.29, 0.717) is 5.16 Å². The lowest BCUT2D eigenvalue weighted by atomic mass is 10.2. The van der Waals surface area contributed by atoms with Gasteiger partial charge in [-0.25, -0.2) is 4.79 Å². The first kappa shape index (κ1) is 22.3. The van der Waals surface area contributed by atoms with Crippen LogP contribution in [0.1, 0.15) is 19.4 Å². The molecule has 3 aromatic rings. The van der Waals surface area contributed by atoms with Crippen LogP contribution in [0.25, 0.3) is 0 Å². The average Bonchev–Trinajstić information content (AvgIpc) is 3.13. The van der Waals surface area contributed by atoms with Crippen molar-refractivity contribution < 1.29 is 4.79 Å². The number of amides is 1. The molecule has 0 atom stereocenters. The van der Waals surface area contributed by atoms with Crippen LogP contribution in [0.4, 0.5) is 11.5 Å². The molecule has 0 spiro atoms. The number of hydrogen-bond donors (Lipinski definition) is 2. The second-order valence-corrected chi connectivity index (χ2v) is 8.42. The lowest BCUT2D eigenvalue weighted by molar-refractivity contribution is -0.116. The van der Waals surface area contributed by atoms with Crippen molar-refractivity contribution in [3.8, 4) is 0 Å². The predicted molar refractivity (Wildman–Crippen MR) is 120 cm³/mol. The largest absolute Gasteiger partial charge is 0.383 e. The number of carbonyl (C=O) groups excluding carboxylic acids is 1. The molecule has 2 heterocycles. The summed E-state index contributed by atoms with van der Waals surface area (Å²) in [4.78, 5) is 41.9. The Morgan fingerprint density at radius 1 is 1.26 bits per heavy atom. The zero-order valence-corrected chi connectivity index (χ0v) is 18.4. The molecule has 0 radical (unpaired) electrons. The van der Waals surface area contributed by atoms with E-state index in [4.69, 9.17) is 5.73 Å². The fourth-order valence-corrected chi connectivity index (χ4v) is 3.82. The lowest BCUT2D eigenvalue weighted by Crippen LogP contribution is -2.43. The van der Waals surface area contributed by atoms with Gasteiger partial charge >= 0.3 is 5.69 Å². The van der Waals surface area contributed by atoms with Gasteiger partial charge in [0.25, 0.3) is 5.56 Å². The summed E-state index contributed by atoms with van der Waals surface area (Å²) in [6.07, 6.45) is 1.54. The second kappa shape index (κ2) is 9.65. The third-order valence-corrected chi connectivity index (χ3v) is 5.53. The number of H-pyrrole nitrogens is 1. The molecule has 3 N–H and O–H groups in total. The number of aromatic nitrogens is 5. The lowest BCUT2D eigenvalue weighted by Gasteiger charge is -2.26.